The van der Waals surface area contributed by atoms with Gasteiger partial charge in [-0.1, -0.05) is 36.4 Å². The molecule has 1 fully saturated rings. The van der Waals surface area contributed by atoms with Gasteiger partial charge in [0, 0.05) is 23.4 Å². The van der Waals surface area contributed by atoms with Crippen LogP contribution in [0.4, 0.5) is 0 Å². The number of fused-ring (bicyclic) bond motifs is 1. The summed E-state index contributed by atoms with van der Waals surface area (Å²) in [4.78, 5) is 2.64. The molecule has 0 aliphatic carbocycles. The standard InChI is InChI=1S/C25H25N3O4S/c29-33(30,23-9-5-7-18-6-1-2-8-20(18)23)25-21-16-19(31-14-12-27-10-3-4-11-27)17-22-24(21)28(26-25)13-15-32-22/h1-2,5-9,16-17H,3-4,10-15H2. The first-order valence-corrected chi connectivity index (χ1v) is 12.8. The fraction of sp³-hybridized carbons (Fsp3) is 0.320. The van der Waals surface area contributed by atoms with E-state index in [4.69, 9.17) is 9.47 Å². The monoisotopic (exact) mass is 463 g/mol. The van der Waals surface area contributed by atoms with Crippen LogP contribution < -0.4 is 9.47 Å². The maximum absolute atomic E-state index is 13.9. The summed E-state index contributed by atoms with van der Waals surface area (Å²) in [7, 11) is -3.87. The molecule has 0 N–H and O–H groups in total. The number of hydrogen-bond acceptors (Lipinski definition) is 6. The lowest BCUT2D eigenvalue weighted by Crippen LogP contribution is -2.25. The molecule has 4 aromatic rings. The second-order valence-corrected chi connectivity index (χ2v) is 10.4. The predicted octanol–water partition coefficient (Wildman–Crippen LogP) is 3.89. The minimum Gasteiger partial charge on any atom is -0.492 e. The molecule has 2 aliphatic heterocycles. The molecule has 3 heterocycles. The molecule has 7 nitrogen and oxygen atoms in total. The molecule has 0 radical (unpaired) electrons. The summed E-state index contributed by atoms with van der Waals surface area (Å²) in [5, 5.41) is 6.69. The molecule has 33 heavy (non-hydrogen) atoms. The van der Waals surface area contributed by atoms with Gasteiger partial charge in [-0.25, -0.2) is 8.42 Å². The quantitative estimate of drug-likeness (QED) is 0.432. The highest BCUT2D eigenvalue weighted by atomic mass is 32.2. The maximum Gasteiger partial charge on any atom is 0.226 e. The fourth-order valence-electron chi connectivity index (χ4n) is 4.85. The van der Waals surface area contributed by atoms with Gasteiger partial charge >= 0.3 is 0 Å². The van der Waals surface area contributed by atoms with Gasteiger partial charge in [-0.2, -0.15) is 5.10 Å². The number of sulfone groups is 1. The van der Waals surface area contributed by atoms with Gasteiger partial charge in [0.2, 0.25) is 9.84 Å². The lowest BCUT2D eigenvalue weighted by Gasteiger charge is -2.18. The van der Waals surface area contributed by atoms with Crippen LogP contribution in [0.15, 0.2) is 64.5 Å². The Bertz CT molecular complexity index is 1450. The lowest BCUT2D eigenvalue weighted by atomic mass is 10.1. The van der Waals surface area contributed by atoms with E-state index in [1.54, 1.807) is 22.9 Å². The molecule has 0 atom stereocenters. The Balaban J connectivity index is 1.43. The largest absolute Gasteiger partial charge is 0.492 e. The molecule has 8 heteroatoms. The number of benzene rings is 3. The van der Waals surface area contributed by atoms with Crippen molar-refractivity contribution in [1.82, 2.24) is 14.7 Å². The van der Waals surface area contributed by atoms with Crippen molar-refractivity contribution < 1.29 is 17.9 Å². The fourth-order valence-corrected chi connectivity index (χ4v) is 6.45. The van der Waals surface area contributed by atoms with Gasteiger partial charge in [0.15, 0.2) is 5.03 Å². The van der Waals surface area contributed by atoms with Crippen molar-refractivity contribution in [1.29, 1.82) is 0 Å². The van der Waals surface area contributed by atoms with Gasteiger partial charge in [0.25, 0.3) is 0 Å². The normalized spacial score (nSPS) is 16.4. The SMILES string of the molecule is O=S(=O)(c1cccc2ccccc12)c1nn2c3c(cc(OCCN4CCCC4)cc13)OCC2. The second-order valence-electron chi connectivity index (χ2n) is 8.57. The van der Waals surface area contributed by atoms with Crippen LogP contribution in [-0.2, 0) is 16.4 Å². The third-order valence-corrected chi connectivity index (χ3v) is 8.22. The second kappa shape index (κ2) is 8.04. The van der Waals surface area contributed by atoms with E-state index >= 15 is 0 Å². The average Bonchev–Trinajstić information content (AvgIpc) is 3.48. The Kier molecular flexibility index (Phi) is 4.99. The van der Waals surface area contributed by atoms with Gasteiger partial charge in [-0.05, 0) is 43.5 Å². The molecule has 2 aliphatic rings. The summed E-state index contributed by atoms with van der Waals surface area (Å²) in [6.07, 6.45) is 2.47. The molecular formula is C25H25N3O4S. The van der Waals surface area contributed by atoms with Crippen LogP contribution in [0.5, 0.6) is 11.5 Å². The number of rotatable bonds is 6. The molecule has 170 valence electrons. The molecule has 1 aromatic heterocycles. The Hall–Kier alpha value is -3.10. The number of nitrogens with zero attached hydrogens (tertiary/aromatic N) is 3. The highest BCUT2D eigenvalue weighted by molar-refractivity contribution is 7.91. The minimum absolute atomic E-state index is 0.0468. The summed E-state index contributed by atoms with van der Waals surface area (Å²) in [6, 6.07) is 16.5. The van der Waals surface area contributed by atoms with E-state index in [9.17, 15) is 8.42 Å². The number of ether oxygens (including phenoxy) is 2. The summed E-state index contributed by atoms with van der Waals surface area (Å²) in [6.45, 7) is 4.56. The number of hydrogen-bond donors (Lipinski definition) is 0. The molecule has 1 saturated heterocycles. The van der Waals surface area contributed by atoms with Crippen LogP contribution in [0.25, 0.3) is 21.7 Å². The van der Waals surface area contributed by atoms with Gasteiger partial charge < -0.3 is 9.47 Å². The number of aromatic nitrogens is 2. The van der Waals surface area contributed by atoms with Crippen molar-refractivity contribution in [2.75, 3.05) is 32.8 Å². The maximum atomic E-state index is 13.9. The van der Waals surface area contributed by atoms with Crippen LogP contribution in [-0.4, -0.2) is 55.9 Å². The van der Waals surface area contributed by atoms with Crippen LogP contribution in [0.1, 0.15) is 12.8 Å². The molecule has 0 spiro atoms. The van der Waals surface area contributed by atoms with E-state index in [1.807, 2.05) is 36.4 Å². The molecular weight excluding hydrogens is 438 g/mol. The van der Waals surface area contributed by atoms with E-state index < -0.39 is 9.84 Å². The van der Waals surface area contributed by atoms with Crippen LogP contribution >= 0.6 is 0 Å². The van der Waals surface area contributed by atoms with Crippen LogP contribution in [0.3, 0.4) is 0 Å². The van der Waals surface area contributed by atoms with Gasteiger partial charge in [0.1, 0.15) is 30.2 Å². The molecule has 0 saturated carbocycles. The Morgan fingerprint density at radius 2 is 1.79 bits per heavy atom. The van der Waals surface area contributed by atoms with Crippen molar-refractivity contribution in [3.63, 3.8) is 0 Å². The predicted molar refractivity (Wildman–Crippen MR) is 126 cm³/mol. The Morgan fingerprint density at radius 1 is 0.970 bits per heavy atom. The van der Waals surface area contributed by atoms with E-state index in [0.29, 0.717) is 47.5 Å². The molecule has 3 aromatic carbocycles. The van der Waals surface area contributed by atoms with E-state index in [0.717, 1.165) is 25.0 Å². The minimum atomic E-state index is -3.87. The first-order valence-electron chi connectivity index (χ1n) is 11.4. The average molecular weight is 464 g/mol. The summed E-state index contributed by atoms with van der Waals surface area (Å²) in [5.74, 6) is 1.22. The third-order valence-electron chi connectivity index (χ3n) is 6.48. The highest BCUT2D eigenvalue weighted by Crippen LogP contribution is 2.39. The van der Waals surface area contributed by atoms with Crippen LogP contribution in [0, 0.1) is 0 Å². The van der Waals surface area contributed by atoms with Gasteiger partial charge in [0.05, 0.1) is 11.4 Å². The summed E-state index contributed by atoms with van der Waals surface area (Å²) < 4.78 is 41.4. The first kappa shape index (κ1) is 20.5. The molecule has 0 bridgehead atoms. The Morgan fingerprint density at radius 3 is 2.67 bits per heavy atom. The van der Waals surface area contributed by atoms with Crippen molar-refractivity contribution in [3.8, 4) is 11.5 Å². The first-order chi connectivity index (χ1) is 16.1. The van der Waals surface area contributed by atoms with Crippen molar-refractivity contribution >= 4 is 31.5 Å². The zero-order chi connectivity index (χ0) is 22.4. The number of likely N-dealkylation sites (tertiary alicyclic amines) is 1. The van der Waals surface area contributed by atoms with Crippen molar-refractivity contribution in [2.45, 2.75) is 29.3 Å². The molecule has 6 rings (SSSR count). The van der Waals surface area contributed by atoms with Crippen molar-refractivity contribution in [3.05, 3.63) is 54.6 Å². The zero-order valence-corrected chi connectivity index (χ0v) is 19.1. The summed E-state index contributed by atoms with van der Waals surface area (Å²) >= 11 is 0. The molecule has 0 amide bonds. The van der Waals surface area contributed by atoms with Crippen molar-refractivity contribution in [2.24, 2.45) is 0 Å². The third kappa shape index (κ3) is 3.54. The lowest BCUT2D eigenvalue weighted by molar-refractivity contribution is 0.235. The molecule has 0 unspecified atom stereocenters. The Labute approximate surface area is 192 Å². The zero-order valence-electron chi connectivity index (χ0n) is 18.2. The summed E-state index contributed by atoms with van der Waals surface area (Å²) in [5.41, 5.74) is 0.701. The topological polar surface area (TPSA) is 73.7 Å². The van der Waals surface area contributed by atoms with Crippen LogP contribution in [0.2, 0.25) is 0 Å². The van der Waals surface area contributed by atoms with E-state index in [-0.39, 0.29) is 9.92 Å². The van der Waals surface area contributed by atoms with E-state index in [1.165, 1.54) is 12.8 Å². The smallest absolute Gasteiger partial charge is 0.226 e. The highest BCUT2D eigenvalue weighted by Gasteiger charge is 2.30. The van der Waals surface area contributed by atoms with E-state index in [2.05, 4.69) is 10.00 Å². The van der Waals surface area contributed by atoms with Gasteiger partial charge in [-0.15, -0.1) is 0 Å². The van der Waals surface area contributed by atoms with Gasteiger partial charge in [-0.3, -0.25) is 9.58 Å².